The summed E-state index contributed by atoms with van der Waals surface area (Å²) in [5, 5.41) is 15.2. The number of benzene rings is 2. The van der Waals surface area contributed by atoms with Gasteiger partial charge < -0.3 is 10.2 Å². The number of carbonyl (C=O) groups is 2. The molecule has 0 bridgehead atoms. The molecule has 2 rings (SSSR count). The first-order valence-electron chi connectivity index (χ1n) is 6.81. The Labute approximate surface area is 146 Å². The van der Waals surface area contributed by atoms with Crippen LogP contribution in [-0.2, 0) is 19.4 Å². The molecule has 0 heterocycles. The summed E-state index contributed by atoms with van der Waals surface area (Å²) in [6.07, 6.45) is 1.67. The molecule has 0 saturated carbocycles. The summed E-state index contributed by atoms with van der Waals surface area (Å²) in [5.74, 6) is -1.96. The molecule has 0 atom stereocenters. The van der Waals surface area contributed by atoms with Gasteiger partial charge in [0.2, 0.25) is 9.84 Å². The summed E-state index contributed by atoms with van der Waals surface area (Å²) in [6.45, 7) is 5.92. The van der Waals surface area contributed by atoms with Crippen LogP contribution in [0.25, 0.3) is 0 Å². The number of carboxylic acid groups (broad SMARTS) is 2. The van der Waals surface area contributed by atoms with Crippen LogP contribution in [0.1, 0.15) is 0 Å². The van der Waals surface area contributed by atoms with Crippen LogP contribution in [-0.4, -0.2) is 30.6 Å². The van der Waals surface area contributed by atoms with Gasteiger partial charge in [-0.1, -0.05) is 49.6 Å². The first-order valence-corrected chi connectivity index (χ1v) is 8.30. The third-order valence-electron chi connectivity index (χ3n) is 2.46. The van der Waals surface area contributed by atoms with Gasteiger partial charge in [0.1, 0.15) is 0 Å². The van der Waals surface area contributed by atoms with E-state index in [1.807, 2.05) is 0 Å². The van der Waals surface area contributed by atoms with Crippen molar-refractivity contribution in [2.75, 3.05) is 0 Å². The maximum absolute atomic E-state index is 12.0. The van der Waals surface area contributed by atoms with Gasteiger partial charge >= 0.3 is 11.9 Å². The number of carboxylic acids is 2. The fraction of sp³-hybridized carbons (Fsp3) is 0. The second kappa shape index (κ2) is 11.4. The number of hydrogen-bond acceptors (Lipinski definition) is 4. The number of hydrogen-bond donors (Lipinski definition) is 2. The average molecular weight is 362 g/mol. The Morgan fingerprint density at radius 3 is 1.16 bits per heavy atom. The van der Waals surface area contributed by atoms with Crippen molar-refractivity contribution in [3.8, 4) is 0 Å². The molecule has 0 spiro atoms. The Balaban J connectivity index is 0.000000480. The van der Waals surface area contributed by atoms with Crippen molar-refractivity contribution in [2.24, 2.45) is 0 Å². The monoisotopic (exact) mass is 362 g/mol. The minimum absolute atomic E-state index is 0.330. The lowest BCUT2D eigenvalue weighted by molar-refractivity contribution is -0.132. The average Bonchev–Trinajstić information content (AvgIpc) is 2.64. The summed E-state index contributed by atoms with van der Waals surface area (Å²) in [4.78, 5) is 19.2. The van der Waals surface area contributed by atoms with Crippen LogP contribution in [0, 0.1) is 0 Å². The largest absolute Gasteiger partial charge is 0.478 e. The van der Waals surface area contributed by atoms with Gasteiger partial charge in [0.05, 0.1) is 9.79 Å². The van der Waals surface area contributed by atoms with Crippen molar-refractivity contribution in [3.63, 3.8) is 0 Å². The molecule has 0 fully saturated rings. The molecule has 0 radical (unpaired) electrons. The van der Waals surface area contributed by atoms with Crippen LogP contribution in [0.3, 0.4) is 0 Å². The van der Waals surface area contributed by atoms with Gasteiger partial charge in [0, 0.05) is 12.2 Å². The zero-order valence-electron chi connectivity index (χ0n) is 13.3. The first kappa shape index (κ1) is 21.8. The van der Waals surface area contributed by atoms with E-state index >= 15 is 0 Å². The second-order valence-electron chi connectivity index (χ2n) is 4.21. The Morgan fingerprint density at radius 2 is 0.960 bits per heavy atom. The molecule has 0 aliphatic heterocycles. The topological polar surface area (TPSA) is 109 Å². The van der Waals surface area contributed by atoms with E-state index in [-0.39, 0.29) is 0 Å². The van der Waals surface area contributed by atoms with E-state index in [1.165, 1.54) is 0 Å². The predicted octanol–water partition coefficient (Wildman–Crippen LogP) is 3.03. The number of sulfone groups is 1. The van der Waals surface area contributed by atoms with Gasteiger partial charge in [0.15, 0.2) is 0 Å². The highest BCUT2D eigenvalue weighted by Crippen LogP contribution is 2.19. The summed E-state index contributed by atoms with van der Waals surface area (Å²) in [5.41, 5.74) is 0. The predicted molar refractivity (Wildman–Crippen MR) is 94.0 cm³/mol. The smallest absolute Gasteiger partial charge is 0.327 e. The molecule has 2 aromatic rings. The van der Waals surface area contributed by atoms with Gasteiger partial charge in [-0.05, 0) is 24.3 Å². The molecular weight excluding hydrogens is 344 g/mol. The van der Waals surface area contributed by atoms with E-state index < -0.39 is 21.8 Å². The van der Waals surface area contributed by atoms with Crippen molar-refractivity contribution in [2.45, 2.75) is 9.79 Å². The van der Waals surface area contributed by atoms with Gasteiger partial charge in [-0.25, -0.2) is 18.0 Å². The van der Waals surface area contributed by atoms with Gasteiger partial charge in [-0.15, -0.1) is 0 Å². The lowest BCUT2D eigenvalue weighted by Gasteiger charge is -2.03. The molecule has 7 heteroatoms. The van der Waals surface area contributed by atoms with Crippen molar-refractivity contribution in [3.05, 3.63) is 86.0 Å². The zero-order valence-corrected chi connectivity index (χ0v) is 14.1. The Morgan fingerprint density at radius 1 is 0.720 bits per heavy atom. The molecular formula is C18H18O6S. The Kier molecular flexibility index (Phi) is 9.91. The van der Waals surface area contributed by atoms with Crippen molar-refractivity contribution >= 4 is 21.8 Å². The van der Waals surface area contributed by atoms with E-state index in [1.54, 1.807) is 60.7 Å². The van der Waals surface area contributed by atoms with E-state index in [0.717, 1.165) is 12.2 Å². The van der Waals surface area contributed by atoms with Crippen LogP contribution in [0.2, 0.25) is 0 Å². The SMILES string of the molecule is C=CC(=O)O.C=CC(=O)O.O=S(=O)(c1ccccc1)c1ccccc1. The molecule has 0 amide bonds. The summed E-state index contributed by atoms with van der Waals surface area (Å²) in [7, 11) is -3.34. The quantitative estimate of drug-likeness (QED) is 0.809. The fourth-order valence-corrected chi connectivity index (χ4v) is 2.64. The van der Waals surface area contributed by atoms with Gasteiger partial charge in [-0.3, -0.25) is 0 Å². The van der Waals surface area contributed by atoms with Crippen molar-refractivity contribution in [1.29, 1.82) is 0 Å². The minimum Gasteiger partial charge on any atom is -0.478 e. The van der Waals surface area contributed by atoms with E-state index in [4.69, 9.17) is 10.2 Å². The van der Waals surface area contributed by atoms with E-state index in [9.17, 15) is 18.0 Å². The lowest BCUT2D eigenvalue weighted by Crippen LogP contribution is -2.00. The fourth-order valence-electron chi connectivity index (χ4n) is 1.34. The van der Waals surface area contributed by atoms with Crippen LogP contribution in [0.5, 0.6) is 0 Å². The summed E-state index contributed by atoms with van der Waals surface area (Å²) in [6, 6.07) is 16.9. The normalized spacial score (nSPS) is 9.28. The van der Waals surface area contributed by atoms with Crippen LogP contribution < -0.4 is 0 Å². The van der Waals surface area contributed by atoms with Crippen LogP contribution in [0.15, 0.2) is 95.8 Å². The van der Waals surface area contributed by atoms with Gasteiger partial charge in [0.25, 0.3) is 0 Å². The highest BCUT2D eigenvalue weighted by Gasteiger charge is 2.15. The van der Waals surface area contributed by atoms with Gasteiger partial charge in [-0.2, -0.15) is 0 Å². The molecule has 25 heavy (non-hydrogen) atoms. The van der Waals surface area contributed by atoms with Crippen LogP contribution in [0.4, 0.5) is 0 Å². The first-order chi connectivity index (χ1) is 11.8. The second-order valence-corrected chi connectivity index (χ2v) is 6.16. The lowest BCUT2D eigenvalue weighted by atomic mass is 10.4. The highest BCUT2D eigenvalue weighted by atomic mass is 32.2. The molecule has 132 valence electrons. The standard InChI is InChI=1S/C12H10O2S.2C3H4O2/c13-15(14,11-7-3-1-4-8-11)12-9-5-2-6-10-12;2*1-2-3(4)5/h1-10H;2*2H,1H2,(H,4,5). The Hall–Kier alpha value is -3.19. The molecule has 0 aromatic heterocycles. The molecule has 2 N–H and O–H groups in total. The molecule has 6 nitrogen and oxygen atoms in total. The Bertz CT molecular complexity index is 732. The minimum atomic E-state index is -3.34. The summed E-state index contributed by atoms with van der Waals surface area (Å²) >= 11 is 0. The number of aliphatic carboxylic acids is 2. The molecule has 2 aromatic carbocycles. The molecule has 0 saturated heterocycles. The maximum atomic E-state index is 12.0. The molecule has 0 aliphatic carbocycles. The number of rotatable bonds is 4. The van der Waals surface area contributed by atoms with Crippen molar-refractivity contribution in [1.82, 2.24) is 0 Å². The highest BCUT2D eigenvalue weighted by molar-refractivity contribution is 7.91. The third-order valence-corrected chi connectivity index (χ3v) is 4.24. The maximum Gasteiger partial charge on any atom is 0.327 e. The van der Waals surface area contributed by atoms with Crippen LogP contribution >= 0.6 is 0 Å². The van der Waals surface area contributed by atoms with E-state index in [0.29, 0.717) is 9.79 Å². The zero-order chi connectivity index (χ0) is 19.3. The molecule has 0 unspecified atom stereocenters. The van der Waals surface area contributed by atoms with Crippen molar-refractivity contribution < 1.29 is 28.2 Å². The third kappa shape index (κ3) is 8.87. The summed E-state index contributed by atoms with van der Waals surface area (Å²) < 4.78 is 24.1. The van der Waals surface area contributed by atoms with E-state index in [2.05, 4.69) is 13.2 Å². The molecule has 0 aliphatic rings.